The molecule has 3 rings (SSSR count). The summed E-state index contributed by atoms with van der Waals surface area (Å²) in [6.45, 7) is 1.92. The molecule has 0 aliphatic carbocycles. The minimum absolute atomic E-state index is 0.0471. The molecular formula is C21H18ClNO3. The molecule has 0 unspecified atom stereocenters. The summed E-state index contributed by atoms with van der Waals surface area (Å²) in [6, 6.07) is 15.6. The van der Waals surface area contributed by atoms with Gasteiger partial charge in [0, 0.05) is 29.7 Å². The van der Waals surface area contributed by atoms with Crippen LogP contribution in [-0.4, -0.2) is 21.4 Å². The second-order valence-electron chi connectivity index (χ2n) is 6.24. The van der Waals surface area contributed by atoms with Crippen molar-refractivity contribution in [2.24, 2.45) is 7.05 Å². The Hall–Kier alpha value is -2.85. The molecule has 0 atom stereocenters. The average molecular weight is 368 g/mol. The minimum atomic E-state index is -0.942. The third-order valence-electron chi connectivity index (χ3n) is 4.43. The second kappa shape index (κ2) is 7.18. The molecule has 1 N–H and O–H groups in total. The first-order valence-corrected chi connectivity index (χ1v) is 8.52. The third-order valence-corrected chi connectivity index (χ3v) is 4.68. The van der Waals surface area contributed by atoms with Crippen molar-refractivity contribution in [3.8, 4) is 0 Å². The smallest absolute Gasteiger partial charge is 0.335 e. The number of benzene rings is 2. The van der Waals surface area contributed by atoms with Gasteiger partial charge in [0.25, 0.3) is 0 Å². The van der Waals surface area contributed by atoms with Crippen molar-refractivity contribution in [1.29, 1.82) is 0 Å². The summed E-state index contributed by atoms with van der Waals surface area (Å²) in [7, 11) is 1.87. The van der Waals surface area contributed by atoms with E-state index < -0.39 is 5.97 Å². The Morgan fingerprint density at radius 2 is 1.58 bits per heavy atom. The van der Waals surface area contributed by atoms with E-state index >= 15 is 0 Å². The van der Waals surface area contributed by atoms with Crippen LogP contribution in [0.3, 0.4) is 0 Å². The number of aryl methyl sites for hydroxylation is 1. The molecule has 5 heteroatoms. The molecule has 3 aromatic rings. The number of ketones is 1. The largest absolute Gasteiger partial charge is 0.478 e. The van der Waals surface area contributed by atoms with E-state index in [1.165, 1.54) is 0 Å². The molecule has 26 heavy (non-hydrogen) atoms. The van der Waals surface area contributed by atoms with Crippen LogP contribution in [-0.2, 0) is 13.5 Å². The molecule has 0 spiro atoms. The van der Waals surface area contributed by atoms with Crippen LogP contribution in [0.5, 0.6) is 0 Å². The summed E-state index contributed by atoms with van der Waals surface area (Å²) in [5, 5.41) is 9.58. The molecule has 0 fully saturated rings. The van der Waals surface area contributed by atoms with E-state index in [-0.39, 0.29) is 11.3 Å². The number of carbonyl (C=O) groups is 2. The zero-order valence-corrected chi connectivity index (χ0v) is 15.2. The van der Waals surface area contributed by atoms with E-state index in [4.69, 9.17) is 16.7 Å². The lowest BCUT2D eigenvalue weighted by atomic mass is 10.1. The lowest BCUT2D eigenvalue weighted by Gasteiger charge is -2.09. The molecule has 1 aromatic heterocycles. The van der Waals surface area contributed by atoms with Gasteiger partial charge in [-0.15, -0.1) is 0 Å². The lowest BCUT2D eigenvalue weighted by molar-refractivity contribution is 0.0696. The summed E-state index contributed by atoms with van der Waals surface area (Å²) in [4.78, 5) is 23.8. The fourth-order valence-electron chi connectivity index (χ4n) is 3.04. The third kappa shape index (κ3) is 3.55. The van der Waals surface area contributed by atoms with Gasteiger partial charge in [-0.05, 0) is 60.5 Å². The molecule has 132 valence electrons. The van der Waals surface area contributed by atoms with Gasteiger partial charge in [0.2, 0.25) is 5.78 Å². The van der Waals surface area contributed by atoms with Gasteiger partial charge in [0.15, 0.2) is 0 Å². The zero-order chi connectivity index (χ0) is 18.8. The molecule has 0 bridgehead atoms. The Balaban J connectivity index is 1.89. The highest BCUT2D eigenvalue weighted by atomic mass is 35.5. The van der Waals surface area contributed by atoms with Crippen LogP contribution in [0.1, 0.15) is 43.2 Å². The number of carboxylic acids is 1. The first kappa shape index (κ1) is 18.0. The van der Waals surface area contributed by atoms with Crippen LogP contribution in [0.25, 0.3) is 0 Å². The van der Waals surface area contributed by atoms with Crippen molar-refractivity contribution in [2.75, 3.05) is 0 Å². The highest BCUT2D eigenvalue weighted by molar-refractivity contribution is 6.30. The number of halogens is 1. The maximum atomic E-state index is 12.9. The van der Waals surface area contributed by atoms with Gasteiger partial charge in [-0.1, -0.05) is 23.7 Å². The molecule has 0 saturated carbocycles. The Labute approximate surface area is 156 Å². The Morgan fingerprint density at radius 1 is 1.00 bits per heavy atom. The predicted octanol–water partition coefficient (Wildman–Crippen LogP) is 4.51. The summed E-state index contributed by atoms with van der Waals surface area (Å²) >= 11 is 5.90. The van der Waals surface area contributed by atoms with E-state index in [9.17, 15) is 9.59 Å². The molecule has 0 radical (unpaired) electrons. The van der Waals surface area contributed by atoms with E-state index in [0.717, 1.165) is 16.8 Å². The molecular weight excluding hydrogens is 350 g/mol. The molecule has 0 aliphatic rings. The first-order valence-electron chi connectivity index (χ1n) is 8.14. The molecule has 0 aliphatic heterocycles. The molecule has 0 saturated heterocycles. The number of nitrogens with zero attached hydrogens (tertiary/aromatic N) is 1. The fourth-order valence-corrected chi connectivity index (χ4v) is 3.16. The highest BCUT2D eigenvalue weighted by Crippen LogP contribution is 2.21. The molecule has 2 aromatic carbocycles. The van der Waals surface area contributed by atoms with E-state index in [2.05, 4.69) is 0 Å². The normalized spacial score (nSPS) is 10.7. The number of carboxylic acid groups (broad SMARTS) is 1. The number of aromatic carboxylic acids is 1. The van der Waals surface area contributed by atoms with Crippen LogP contribution in [0.4, 0.5) is 0 Å². The van der Waals surface area contributed by atoms with Crippen molar-refractivity contribution in [3.05, 3.63) is 93.3 Å². The second-order valence-corrected chi connectivity index (χ2v) is 6.68. The van der Waals surface area contributed by atoms with Crippen molar-refractivity contribution < 1.29 is 14.7 Å². The number of hydrogen-bond donors (Lipinski definition) is 1. The van der Waals surface area contributed by atoms with Crippen molar-refractivity contribution in [2.45, 2.75) is 13.3 Å². The number of aromatic nitrogens is 1. The van der Waals surface area contributed by atoms with Gasteiger partial charge >= 0.3 is 5.97 Å². The van der Waals surface area contributed by atoms with E-state index in [1.54, 1.807) is 48.5 Å². The predicted molar refractivity (Wildman–Crippen MR) is 101 cm³/mol. The Kier molecular flexibility index (Phi) is 4.96. The van der Waals surface area contributed by atoms with Gasteiger partial charge in [-0.3, -0.25) is 4.79 Å². The SMILES string of the molecule is Cc1cc(Cc2ccc(C(=O)O)cc2)n(C)c1C(=O)c1ccc(Cl)cc1. The van der Waals surface area contributed by atoms with Crippen LogP contribution in [0.2, 0.25) is 5.02 Å². The molecule has 0 amide bonds. The van der Waals surface area contributed by atoms with Crippen LogP contribution >= 0.6 is 11.6 Å². The lowest BCUT2D eigenvalue weighted by Crippen LogP contribution is -2.10. The quantitative estimate of drug-likeness (QED) is 0.675. The zero-order valence-electron chi connectivity index (χ0n) is 14.5. The van der Waals surface area contributed by atoms with Crippen LogP contribution < -0.4 is 0 Å². The van der Waals surface area contributed by atoms with Gasteiger partial charge in [-0.25, -0.2) is 4.79 Å². The topological polar surface area (TPSA) is 59.3 Å². The van der Waals surface area contributed by atoms with Crippen molar-refractivity contribution >= 4 is 23.4 Å². The van der Waals surface area contributed by atoms with Gasteiger partial charge in [0.05, 0.1) is 11.3 Å². The van der Waals surface area contributed by atoms with Crippen LogP contribution in [0.15, 0.2) is 54.6 Å². The van der Waals surface area contributed by atoms with Gasteiger partial charge < -0.3 is 9.67 Å². The number of hydrogen-bond acceptors (Lipinski definition) is 2. The van der Waals surface area contributed by atoms with Crippen molar-refractivity contribution in [3.63, 3.8) is 0 Å². The van der Waals surface area contributed by atoms with Crippen LogP contribution in [0, 0.1) is 6.92 Å². The van der Waals surface area contributed by atoms with E-state index in [1.807, 2.05) is 24.6 Å². The summed E-state index contributed by atoms with van der Waals surface area (Å²) in [5.74, 6) is -0.990. The number of carbonyl (C=O) groups excluding carboxylic acids is 1. The van der Waals surface area contributed by atoms with E-state index in [0.29, 0.717) is 22.7 Å². The monoisotopic (exact) mass is 367 g/mol. The first-order chi connectivity index (χ1) is 12.4. The Morgan fingerprint density at radius 3 is 2.15 bits per heavy atom. The summed E-state index contributed by atoms with van der Waals surface area (Å²) in [6.07, 6.45) is 0.616. The standard InChI is InChI=1S/C21H18ClNO3/c1-13-11-18(12-14-3-5-16(6-4-14)21(25)26)23(2)19(13)20(24)15-7-9-17(22)10-8-15/h3-11H,12H2,1-2H3,(H,25,26). The summed E-state index contributed by atoms with van der Waals surface area (Å²) < 4.78 is 1.90. The fraction of sp³-hybridized carbons (Fsp3) is 0.143. The molecule has 4 nitrogen and oxygen atoms in total. The number of rotatable bonds is 5. The average Bonchev–Trinajstić information content (AvgIpc) is 2.89. The minimum Gasteiger partial charge on any atom is -0.478 e. The Bertz CT molecular complexity index is 970. The van der Waals surface area contributed by atoms with Crippen molar-refractivity contribution in [1.82, 2.24) is 4.57 Å². The molecule has 1 heterocycles. The maximum absolute atomic E-state index is 12.9. The summed E-state index contributed by atoms with van der Waals surface area (Å²) in [5.41, 5.74) is 4.38. The van der Waals surface area contributed by atoms with Gasteiger partial charge in [0.1, 0.15) is 0 Å². The van der Waals surface area contributed by atoms with Gasteiger partial charge in [-0.2, -0.15) is 0 Å². The highest BCUT2D eigenvalue weighted by Gasteiger charge is 2.18. The maximum Gasteiger partial charge on any atom is 0.335 e.